The van der Waals surface area contributed by atoms with Crippen LogP contribution in [-0.4, -0.2) is 23.8 Å². The molecule has 3 atom stereocenters. The Morgan fingerprint density at radius 1 is 1.17 bits per heavy atom. The van der Waals surface area contributed by atoms with Gasteiger partial charge in [-0.25, -0.2) is 0 Å². The highest BCUT2D eigenvalue weighted by Gasteiger charge is 2.61. The van der Waals surface area contributed by atoms with Crippen LogP contribution in [0.1, 0.15) is 19.3 Å². The average Bonchev–Trinajstić information content (AvgIpc) is 2.75. The van der Waals surface area contributed by atoms with Crippen LogP contribution >= 0.6 is 15.9 Å². The molecule has 1 aliphatic heterocycles. The van der Waals surface area contributed by atoms with Crippen LogP contribution < -0.4 is 0 Å². The Bertz CT molecular complexity index is 197. The van der Waals surface area contributed by atoms with Gasteiger partial charge in [0.1, 0.15) is 0 Å². The normalized spacial score (nSPS) is 49.2. The van der Waals surface area contributed by atoms with E-state index in [1.54, 1.807) is 0 Å². The third-order valence-electron chi connectivity index (χ3n) is 3.58. The van der Waals surface area contributed by atoms with E-state index < -0.39 is 0 Å². The molecule has 3 unspecified atom stereocenters. The predicted octanol–water partition coefficient (Wildman–Crippen LogP) is 1.92. The number of fused-ring (bicyclic) bond motifs is 3. The maximum Gasteiger partial charge on any atom is 0.184 e. The van der Waals surface area contributed by atoms with Gasteiger partial charge in [0.15, 0.2) is 5.79 Å². The molecule has 12 heavy (non-hydrogen) atoms. The maximum absolute atomic E-state index is 5.78. The molecule has 0 aromatic heterocycles. The number of rotatable bonds is 0. The fourth-order valence-electron chi connectivity index (χ4n) is 3.04. The second-order valence-electron chi connectivity index (χ2n) is 4.09. The van der Waals surface area contributed by atoms with Crippen LogP contribution in [0.3, 0.4) is 0 Å². The van der Waals surface area contributed by atoms with Crippen molar-refractivity contribution in [2.24, 2.45) is 11.8 Å². The second kappa shape index (κ2) is 2.46. The van der Waals surface area contributed by atoms with E-state index in [2.05, 4.69) is 15.9 Å². The molecule has 1 heterocycles. The molecule has 3 fully saturated rings. The van der Waals surface area contributed by atoms with Crippen molar-refractivity contribution in [2.45, 2.75) is 29.9 Å². The Hall–Kier alpha value is 0.400. The summed E-state index contributed by atoms with van der Waals surface area (Å²) in [5.74, 6) is 1.24. The third-order valence-corrected chi connectivity index (χ3v) is 4.96. The van der Waals surface area contributed by atoms with Crippen molar-refractivity contribution in [3.05, 3.63) is 0 Å². The van der Waals surface area contributed by atoms with Gasteiger partial charge in [0.25, 0.3) is 0 Å². The Balaban J connectivity index is 1.94. The summed E-state index contributed by atoms with van der Waals surface area (Å²) in [7, 11) is 0. The van der Waals surface area contributed by atoms with E-state index in [1.807, 2.05) is 0 Å². The first-order valence-corrected chi connectivity index (χ1v) is 5.66. The van der Waals surface area contributed by atoms with E-state index in [9.17, 15) is 0 Å². The van der Waals surface area contributed by atoms with E-state index >= 15 is 0 Å². The minimum absolute atomic E-state index is 0.219. The van der Waals surface area contributed by atoms with E-state index in [0.717, 1.165) is 19.1 Å². The summed E-state index contributed by atoms with van der Waals surface area (Å²) in [5.41, 5.74) is 0. The van der Waals surface area contributed by atoms with Gasteiger partial charge in [-0.05, 0) is 25.2 Å². The number of ether oxygens (including phenoxy) is 2. The topological polar surface area (TPSA) is 18.5 Å². The van der Waals surface area contributed by atoms with Gasteiger partial charge in [0, 0.05) is 5.92 Å². The van der Waals surface area contributed by atoms with Crippen molar-refractivity contribution in [1.82, 2.24) is 0 Å². The molecule has 68 valence electrons. The summed E-state index contributed by atoms with van der Waals surface area (Å²) in [4.78, 5) is 0.450. The highest BCUT2D eigenvalue weighted by molar-refractivity contribution is 9.09. The standard InChI is InChI=1S/C9H13BrO2/c10-8-6-1-2-7(5-6)9(8)11-3-4-12-9/h6-8H,1-5H2. The van der Waals surface area contributed by atoms with Crippen molar-refractivity contribution < 1.29 is 9.47 Å². The first kappa shape index (κ1) is 7.77. The van der Waals surface area contributed by atoms with Crippen molar-refractivity contribution in [1.29, 1.82) is 0 Å². The van der Waals surface area contributed by atoms with Gasteiger partial charge in [0.05, 0.1) is 18.0 Å². The van der Waals surface area contributed by atoms with Crippen LogP contribution in [0.5, 0.6) is 0 Å². The fourth-order valence-corrected chi connectivity index (χ4v) is 4.16. The first-order valence-electron chi connectivity index (χ1n) is 4.75. The van der Waals surface area contributed by atoms with E-state index in [-0.39, 0.29) is 5.79 Å². The van der Waals surface area contributed by atoms with Crippen LogP contribution in [0.4, 0.5) is 0 Å². The number of alkyl halides is 1. The molecule has 0 radical (unpaired) electrons. The zero-order valence-electron chi connectivity index (χ0n) is 6.96. The van der Waals surface area contributed by atoms with Crippen molar-refractivity contribution in [3.63, 3.8) is 0 Å². The van der Waals surface area contributed by atoms with Gasteiger partial charge in [-0.15, -0.1) is 0 Å². The van der Waals surface area contributed by atoms with Crippen LogP contribution in [0.2, 0.25) is 0 Å². The van der Waals surface area contributed by atoms with E-state index in [0.29, 0.717) is 10.7 Å². The molecular formula is C9H13BrO2. The lowest BCUT2D eigenvalue weighted by atomic mass is 9.94. The Kier molecular flexibility index (Phi) is 1.59. The summed E-state index contributed by atoms with van der Waals surface area (Å²) in [6, 6.07) is 0. The molecule has 0 aromatic carbocycles. The zero-order chi connectivity index (χ0) is 8.18. The molecule has 3 aliphatic rings. The third kappa shape index (κ3) is 0.777. The molecule has 2 bridgehead atoms. The predicted molar refractivity (Wildman–Crippen MR) is 48.2 cm³/mol. The van der Waals surface area contributed by atoms with Crippen LogP contribution in [0, 0.1) is 11.8 Å². The smallest absolute Gasteiger partial charge is 0.184 e. The molecule has 1 spiro atoms. The number of hydrogen-bond donors (Lipinski definition) is 0. The highest BCUT2D eigenvalue weighted by atomic mass is 79.9. The first-order chi connectivity index (χ1) is 5.83. The SMILES string of the molecule is BrC1C2CCC(C2)C12OCCO2. The Labute approximate surface area is 80.7 Å². The van der Waals surface area contributed by atoms with Crippen LogP contribution in [-0.2, 0) is 9.47 Å². The van der Waals surface area contributed by atoms with Crippen LogP contribution in [0.25, 0.3) is 0 Å². The van der Waals surface area contributed by atoms with Crippen LogP contribution in [0.15, 0.2) is 0 Å². The van der Waals surface area contributed by atoms with Gasteiger partial charge >= 0.3 is 0 Å². The molecule has 2 nitrogen and oxygen atoms in total. The highest BCUT2D eigenvalue weighted by Crippen LogP contribution is 2.57. The van der Waals surface area contributed by atoms with Crippen molar-refractivity contribution >= 4 is 15.9 Å². The average molecular weight is 233 g/mol. The minimum atomic E-state index is -0.219. The lowest BCUT2D eigenvalue weighted by Crippen LogP contribution is -2.45. The molecule has 3 heteroatoms. The monoisotopic (exact) mass is 232 g/mol. The summed E-state index contributed by atoms with van der Waals surface area (Å²) < 4.78 is 11.6. The fraction of sp³-hybridized carbons (Fsp3) is 1.00. The second-order valence-corrected chi connectivity index (χ2v) is 5.08. The lowest BCUT2D eigenvalue weighted by Gasteiger charge is -2.35. The molecule has 2 saturated carbocycles. The quantitative estimate of drug-likeness (QED) is 0.595. The van der Waals surface area contributed by atoms with E-state index in [4.69, 9.17) is 9.47 Å². The molecule has 2 aliphatic carbocycles. The van der Waals surface area contributed by atoms with Gasteiger partial charge in [-0.2, -0.15) is 0 Å². The largest absolute Gasteiger partial charge is 0.346 e. The molecule has 1 saturated heterocycles. The van der Waals surface area contributed by atoms with Gasteiger partial charge < -0.3 is 9.47 Å². The summed E-state index contributed by atoms with van der Waals surface area (Å²) in [5, 5.41) is 0. The van der Waals surface area contributed by atoms with Crippen molar-refractivity contribution in [3.8, 4) is 0 Å². The van der Waals surface area contributed by atoms with Gasteiger partial charge in [-0.1, -0.05) is 15.9 Å². The molecule has 3 rings (SSSR count). The van der Waals surface area contributed by atoms with Gasteiger partial charge in [-0.3, -0.25) is 0 Å². The number of hydrogen-bond acceptors (Lipinski definition) is 2. The summed E-state index contributed by atoms with van der Waals surface area (Å²) in [6.45, 7) is 1.57. The summed E-state index contributed by atoms with van der Waals surface area (Å²) >= 11 is 3.73. The number of halogens is 1. The Morgan fingerprint density at radius 2 is 1.92 bits per heavy atom. The van der Waals surface area contributed by atoms with Crippen molar-refractivity contribution in [2.75, 3.05) is 13.2 Å². The van der Waals surface area contributed by atoms with E-state index in [1.165, 1.54) is 19.3 Å². The van der Waals surface area contributed by atoms with Gasteiger partial charge in [0.2, 0.25) is 0 Å². The molecule has 0 amide bonds. The molecule has 0 aromatic rings. The Morgan fingerprint density at radius 3 is 2.50 bits per heavy atom. The maximum atomic E-state index is 5.78. The minimum Gasteiger partial charge on any atom is -0.346 e. The summed E-state index contributed by atoms with van der Waals surface area (Å²) in [6.07, 6.45) is 3.96. The lowest BCUT2D eigenvalue weighted by molar-refractivity contribution is -0.184. The zero-order valence-corrected chi connectivity index (χ0v) is 8.55. The molecule has 0 N–H and O–H groups in total. The molecular weight excluding hydrogens is 220 g/mol.